The zero-order chi connectivity index (χ0) is 14.8. The molecule has 3 heteroatoms. The van der Waals surface area contributed by atoms with Crippen molar-refractivity contribution in [3.05, 3.63) is 35.9 Å². The predicted molar refractivity (Wildman–Crippen MR) is 84.7 cm³/mol. The topological polar surface area (TPSA) is 45.4 Å². The molecular weight excluding hydrogens is 260 g/mol. The van der Waals surface area contributed by atoms with Crippen molar-refractivity contribution >= 4 is 5.71 Å². The summed E-state index contributed by atoms with van der Waals surface area (Å²) < 4.78 is 0. The maximum atomic E-state index is 9.37. The Morgan fingerprint density at radius 3 is 2.52 bits per heavy atom. The van der Waals surface area contributed by atoms with Gasteiger partial charge in [0.25, 0.3) is 0 Å². The molecule has 2 rings (SSSR count). The second kappa shape index (κ2) is 9.18. The second-order valence-corrected chi connectivity index (χ2v) is 5.68. The summed E-state index contributed by atoms with van der Waals surface area (Å²) in [6.07, 6.45) is 9.12. The van der Waals surface area contributed by atoms with E-state index in [0.29, 0.717) is 6.61 Å². The Hall–Kier alpha value is -1.82. The van der Waals surface area contributed by atoms with Crippen LogP contribution in [0.25, 0.3) is 0 Å². The molecule has 21 heavy (non-hydrogen) atoms. The van der Waals surface area contributed by atoms with E-state index in [1.807, 2.05) is 30.3 Å². The van der Waals surface area contributed by atoms with Crippen LogP contribution in [0.3, 0.4) is 0 Å². The first-order chi connectivity index (χ1) is 10.4. The monoisotopic (exact) mass is 284 g/mol. The predicted octanol–water partition coefficient (Wildman–Crippen LogP) is 4.83. The maximum Gasteiger partial charge on any atom is 0.142 e. The number of oxime groups is 1. The molecule has 1 aliphatic carbocycles. The van der Waals surface area contributed by atoms with Crippen molar-refractivity contribution in [2.75, 3.05) is 0 Å². The van der Waals surface area contributed by atoms with E-state index in [1.54, 1.807) is 0 Å². The Kier molecular flexibility index (Phi) is 6.80. The highest BCUT2D eigenvalue weighted by molar-refractivity contribution is 5.88. The molecule has 1 aliphatic rings. The average molecular weight is 284 g/mol. The minimum Gasteiger partial charge on any atom is -0.391 e. The first-order valence-electron chi connectivity index (χ1n) is 8.02. The Morgan fingerprint density at radius 1 is 1.05 bits per heavy atom. The highest BCUT2D eigenvalue weighted by Gasteiger charge is 2.17. The van der Waals surface area contributed by atoms with E-state index in [9.17, 15) is 5.26 Å². The summed E-state index contributed by atoms with van der Waals surface area (Å²) in [5.74, 6) is -0.0705. The summed E-state index contributed by atoms with van der Waals surface area (Å²) in [4.78, 5) is 5.50. The van der Waals surface area contributed by atoms with Crippen LogP contribution in [-0.4, -0.2) is 5.71 Å². The molecule has 0 heterocycles. The van der Waals surface area contributed by atoms with E-state index in [-0.39, 0.29) is 5.92 Å². The summed E-state index contributed by atoms with van der Waals surface area (Å²) in [5.41, 5.74) is 2.05. The summed E-state index contributed by atoms with van der Waals surface area (Å²) in [7, 11) is 0. The largest absolute Gasteiger partial charge is 0.391 e. The quantitative estimate of drug-likeness (QED) is 0.746. The van der Waals surface area contributed by atoms with Gasteiger partial charge < -0.3 is 4.84 Å². The average Bonchev–Trinajstić information content (AvgIpc) is 2.54. The summed E-state index contributed by atoms with van der Waals surface area (Å²) >= 11 is 0. The van der Waals surface area contributed by atoms with Crippen molar-refractivity contribution in [1.82, 2.24) is 0 Å². The van der Waals surface area contributed by atoms with Crippen LogP contribution in [0.2, 0.25) is 0 Å². The van der Waals surface area contributed by atoms with E-state index in [0.717, 1.165) is 37.0 Å². The first kappa shape index (κ1) is 15.6. The van der Waals surface area contributed by atoms with Gasteiger partial charge in [0.1, 0.15) is 6.61 Å². The second-order valence-electron chi connectivity index (χ2n) is 5.68. The molecule has 1 saturated carbocycles. The number of hydrogen-bond donors (Lipinski definition) is 0. The molecule has 0 saturated heterocycles. The van der Waals surface area contributed by atoms with Gasteiger partial charge in [-0.2, -0.15) is 5.26 Å². The zero-order valence-corrected chi connectivity index (χ0v) is 12.6. The lowest BCUT2D eigenvalue weighted by atomic mass is 9.91. The van der Waals surface area contributed by atoms with Crippen molar-refractivity contribution < 1.29 is 4.84 Å². The summed E-state index contributed by atoms with van der Waals surface area (Å²) in [6.45, 7) is 0.475. The van der Waals surface area contributed by atoms with Gasteiger partial charge in [-0.25, -0.2) is 0 Å². The lowest BCUT2D eigenvalue weighted by Gasteiger charge is -2.14. The fraction of sp³-hybridized carbons (Fsp3) is 0.556. The maximum absolute atomic E-state index is 9.37. The first-order valence-corrected chi connectivity index (χ1v) is 8.02. The molecule has 1 aromatic carbocycles. The van der Waals surface area contributed by atoms with Gasteiger partial charge in [0.2, 0.25) is 0 Å². The van der Waals surface area contributed by atoms with E-state index < -0.39 is 0 Å². The Labute approximate surface area is 127 Å². The number of hydrogen-bond acceptors (Lipinski definition) is 3. The van der Waals surface area contributed by atoms with Gasteiger partial charge in [0, 0.05) is 0 Å². The third kappa shape index (κ3) is 5.59. The van der Waals surface area contributed by atoms with Crippen molar-refractivity contribution in [2.24, 2.45) is 11.1 Å². The van der Waals surface area contributed by atoms with Crippen LogP contribution in [0.1, 0.15) is 56.9 Å². The van der Waals surface area contributed by atoms with E-state index in [4.69, 9.17) is 4.84 Å². The Balaban J connectivity index is 1.94. The SMILES string of the molecule is N#CC1CCCCCCCC/C1=N/OCc1ccccc1. The van der Waals surface area contributed by atoms with E-state index in [2.05, 4.69) is 11.2 Å². The zero-order valence-electron chi connectivity index (χ0n) is 12.6. The van der Waals surface area contributed by atoms with Crippen molar-refractivity contribution in [1.29, 1.82) is 5.26 Å². The van der Waals surface area contributed by atoms with Crippen molar-refractivity contribution in [3.63, 3.8) is 0 Å². The highest BCUT2D eigenvalue weighted by atomic mass is 16.6. The molecule has 0 N–H and O–H groups in total. The van der Waals surface area contributed by atoms with Gasteiger partial charge in [0.15, 0.2) is 0 Å². The van der Waals surface area contributed by atoms with Gasteiger partial charge >= 0.3 is 0 Å². The molecule has 1 unspecified atom stereocenters. The molecule has 1 atom stereocenters. The minimum absolute atomic E-state index is 0.0705. The summed E-state index contributed by atoms with van der Waals surface area (Å²) in [6, 6.07) is 12.4. The van der Waals surface area contributed by atoms with Gasteiger partial charge in [-0.3, -0.25) is 0 Å². The van der Waals surface area contributed by atoms with Gasteiger partial charge in [-0.1, -0.05) is 67.6 Å². The van der Waals surface area contributed by atoms with Crippen LogP contribution in [0.4, 0.5) is 0 Å². The highest BCUT2D eigenvalue weighted by Crippen LogP contribution is 2.20. The van der Waals surface area contributed by atoms with Crippen molar-refractivity contribution in [2.45, 2.75) is 58.0 Å². The number of nitrogens with zero attached hydrogens (tertiary/aromatic N) is 2. The molecule has 3 nitrogen and oxygen atoms in total. The third-order valence-electron chi connectivity index (χ3n) is 3.99. The lowest BCUT2D eigenvalue weighted by molar-refractivity contribution is 0.128. The molecule has 0 amide bonds. The summed E-state index contributed by atoms with van der Waals surface area (Å²) in [5, 5.41) is 13.7. The Morgan fingerprint density at radius 2 is 1.76 bits per heavy atom. The molecular formula is C18H24N2O. The van der Waals surface area contributed by atoms with Crippen LogP contribution < -0.4 is 0 Å². The van der Waals surface area contributed by atoms with Gasteiger partial charge in [0.05, 0.1) is 17.7 Å². The molecule has 112 valence electrons. The molecule has 0 aromatic heterocycles. The lowest BCUT2D eigenvalue weighted by Crippen LogP contribution is -2.14. The molecule has 0 radical (unpaired) electrons. The van der Waals surface area contributed by atoms with Crippen molar-refractivity contribution in [3.8, 4) is 6.07 Å². The normalized spacial score (nSPS) is 22.4. The number of benzene rings is 1. The number of rotatable bonds is 3. The molecule has 1 fully saturated rings. The fourth-order valence-electron chi connectivity index (χ4n) is 2.71. The molecule has 0 bridgehead atoms. The van der Waals surface area contributed by atoms with E-state index in [1.165, 1.54) is 25.7 Å². The van der Waals surface area contributed by atoms with Gasteiger partial charge in [-0.15, -0.1) is 0 Å². The smallest absolute Gasteiger partial charge is 0.142 e. The molecule has 0 spiro atoms. The number of nitriles is 1. The fourth-order valence-corrected chi connectivity index (χ4v) is 2.71. The standard InChI is InChI=1S/C18H24N2O/c19-14-17-12-8-3-1-2-4-9-13-18(17)20-21-15-16-10-6-5-7-11-16/h5-7,10-11,17H,1-4,8-9,12-13,15H2/b20-18-. The van der Waals surface area contributed by atoms with Crippen LogP contribution in [0.15, 0.2) is 35.5 Å². The molecule has 0 aliphatic heterocycles. The van der Waals surface area contributed by atoms with Crippen LogP contribution in [0, 0.1) is 17.2 Å². The van der Waals surface area contributed by atoms with Crippen LogP contribution >= 0.6 is 0 Å². The van der Waals surface area contributed by atoms with Crippen LogP contribution in [-0.2, 0) is 11.4 Å². The minimum atomic E-state index is -0.0705. The van der Waals surface area contributed by atoms with Crippen LogP contribution in [0.5, 0.6) is 0 Å². The third-order valence-corrected chi connectivity index (χ3v) is 3.99. The Bertz CT molecular complexity index is 476. The van der Waals surface area contributed by atoms with Gasteiger partial charge in [-0.05, 0) is 24.8 Å². The van der Waals surface area contributed by atoms with E-state index >= 15 is 0 Å². The molecule has 1 aromatic rings.